The van der Waals surface area contributed by atoms with Crippen molar-refractivity contribution in [1.82, 2.24) is 36.0 Å². The van der Waals surface area contributed by atoms with Gasteiger partial charge < -0.3 is 50.2 Å². The number of likely N-dealkylation sites (N-methyl/N-ethyl adjacent to an activating group) is 1. The minimum Gasteiger partial charge on any atom is -0.462 e. The maximum Gasteiger partial charge on any atom is 0.408 e. The predicted molar refractivity (Wildman–Crippen MR) is 222 cm³/mol. The summed E-state index contributed by atoms with van der Waals surface area (Å²) in [5.41, 5.74) is -0.860. The van der Waals surface area contributed by atoms with Crippen LogP contribution in [0.15, 0.2) is 30.4 Å². The van der Waals surface area contributed by atoms with Crippen LogP contribution in [0.4, 0.5) is 13.6 Å². The van der Waals surface area contributed by atoms with Crippen LogP contribution in [-0.2, 0) is 59.0 Å². The number of carbonyl (C=O) groups excluding carboxylic acids is 9. The number of benzene rings is 1. The maximum atomic E-state index is 14.5. The van der Waals surface area contributed by atoms with Gasteiger partial charge in [0.1, 0.15) is 73.2 Å². The van der Waals surface area contributed by atoms with Gasteiger partial charge in [0.25, 0.3) is 0 Å². The number of cyclic esters (lactones) is 1. The van der Waals surface area contributed by atoms with E-state index in [4.69, 9.17) is 14.2 Å². The second-order valence-corrected chi connectivity index (χ2v) is 16.9. The van der Waals surface area contributed by atoms with Gasteiger partial charge in [-0.3, -0.25) is 33.6 Å². The zero-order valence-corrected chi connectivity index (χ0v) is 37.0. The molecule has 4 N–H and O–H groups in total. The van der Waals surface area contributed by atoms with Crippen molar-refractivity contribution in [3.8, 4) is 0 Å². The lowest BCUT2D eigenvalue weighted by Crippen LogP contribution is -2.61. The van der Waals surface area contributed by atoms with Crippen molar-refractivity contribution in [2.75, 3.05) is 39.9 Å². The van der Waals surface area contributed by atoms with Crippen LogP contribution in [0.1, 0.15) is 85.1 Å². The van der Waals surface area contributed by atoms with Crippen LogP contribution in [0.3, 0.4) is 0 Å². The summed E-state index contributed by atoms with van der Waals surface area (Å²) in [4.78, 5) is 125. The number of ether oxygens (including phenoxy) is 3. The molecule has 21 heteroatoms. The van der Waals surface area contributed by atoms with Crippen LogP contribution < -0.4 is 21.3 Å². The Morgan fingerprint density at radius 1 is 0.953 bits per heavy atom. The highest BCUT2D eigenvalue weighted by Crippen LogP contribution is 2.24. The Bertz CT molecular complexity index is 1940. The Morgan fingerprint density at radius 2 is 1.59 bits per heavy atom. The normalized spacial score (nSPS) is 22.9. The second kappa shape index (κ2) is 23.0. The number of hydrogen-bond acceptors (Lipinski definition) is 12. The molecule has 3 saturated heterocycles. The quantitative estimate of drug-likeness (QED) is 0.0945. The van der Waals surface area contributed by atoms with Gasteiger partial charge in [0, 0.05) is 32.6 Å². The molecule has 1 aromatic rings. The Hall–Kier alpha value is -6.15. The van der Waals surface area contributed by atoms with E-state index in [0.717, 1.165) is 34.8 Å². The topological polar surface area (TPSA) is 239 Å². The number of alkyl carbamates (subject to hydrolysis) is 1. The first kappa shape index (κ1) is 50.5. The van der Waals surface area contributed by atoms with E-state index in [9.17, 15) is 51.9 Å². The number of unbranched alkanes of at least 4 members (excludes halogenated alkanes) is 2. The first-order valence-electron chi connectivity index (χ1n) is 21.4. The number of hydrogen-bond donors (Lipinski definition) is 4. The highest BCUT2D eigenvalue weighted by Gasteiger charge is 2.44. The summed E-state index contributed by atoms with van der Waals surface area (Å²) in [6, 6.07) is -5.81. The molecule has 0 radical (unpaired) electrons. The predicted octanol–water partition coefficient (Wildman–Crippen LogP) is 1.16. The molecular weight excluding hydrogens is 845 g/mol. The number of fused-ring (bicyclic) bond motifs is 2. The first-order chi connectivity index (χ1) is 30.2. The minimum atomic E-state index is -1.69. The van der Waals surface area contributed by atoms with E-state index in [2.05, 4.69) is 21.3 Å². The molecule has 19 nitrogen and oxygen atoms in total. The Kier molecular flexibility index (Phi) is 18.1. The van der Waals surface area contributed by atoms with Crippen LogP contribution in [-0.4, -0.2) is 150 Å². The van der Waals surface area contributed by atoms with E-state index < -0.39 is 133 Å². The van der Waals surface area contributed by atoms with Crippen LogP contribution in [0.5, 0.6) is 0 Å². The molecule has 6 atom stereocenters. The number of esters is 2. The Labute approximate surface area is 370 Å². The summed E-state index contributed by atoms with van der Waals surface area (Å²) in [6.07, 6.45) is 4.61. The average molecular weight is 904 g/mol. The number of carbonyl (C=O) groups is 9. The van der Waals surface area contributed by atoms with Gasteiger partial charge in [-0.2, -0.15) is 0 Å². The van der Waals surface area contributed by atoms with Crippen molar-refractivity contribution in [2.45, 2.75) is 128 Å². The van der Waals surface area contributed by atoms with Crippen molar-refractivity contribution in [2.24, 2.45) is 0 Å². The molecule has 3 aliphatic rings. The third-order valence-corrected chi connectivity index (χ3v) is 10.6. The van der Waals surface area contributed by atoms with E-state index >= 15 is 0 Å². The van der Waals surface area contributed by atoms with Crippen molar-refractivity contribution in [3.63, 3.8) is 0 Å². The lowest BCUT2D eigenvalue weighted by Gasteiger charge is -2.35. The Balaban J connectivity index is 1.66. The standard InChI is InChI=1S/C43H59F2N7O12/c1-7-8-9-10-15-34(53)48-29(20-26-18-27(44)21-28(45)19-26)36(55)49-30-23-63-41(60)32-14-12-17-52(32)38(57)25(2)47-37(56)33(24-62-35(54)22-46-42(61)64-43(3,4)5)50(6)40(59)31-13-11-16-51(31)39(30)58/h10,15,18-19,21,25,29-33H,7-9,11-14,16-17,20,22-24H2,1-6H3,(H,46,61)(H,47,56)(H,48,53)(H,49,55)/b15-10+/t25-,29-,30-,31-,32-,33-/m0/s1. The lowest BCUT2D eigenvalue weighted by atomic mass is 10.0. The second-order valence-electron chi connectivity index (χ2n) is 16.9. The number of halogens is 2. The van der Waals surface area contributed by atoms with E-state index in [1.165, 1.54) is 24.9 Å². The number of nitrogens with one attached hydrogen (secondary N) is 4. The Morgan fingerprint density at radius 3 is 2.23 bits per heavy atom. The van der Waals surface area contributed by atoms with Crippen LogP contribution in [0.25, 0.3) is 0 Å². The molecular formula is C43H59F2N7O12. The summed E-state index contributed by atoms with van der Waals surface area (Å²) in [6.45, 7) is 6.13. The van der Waals surface area contributed by atoms with E-state index in [1.807, 2.05) is 6.92 Å². The molecule has 0 aliphatic carbocycles. The van der Waals surface area contributed by atoms with Gasteiger partial charge in [-0.15, -0.1) is 0 Å². The molecule has 0 saturated carbocycles. The van der Waals surface area contributed by atoms with E-state index in [-0.39, 0.29) is 37.9 Å². The average Bonchev–Trinajstić information content (AvgIpc) is 3.92. The lowest BCUT2D eigenvalue weighted by molar-refractivity contribution is -0.158. The smallest absolute Gasteiger partial charge is 0.408 e. The minimum absolute atomic E-state index is 0.000641. The number of allylic oxidation sites excluding steroid dienone is 1. The molecule has 0 unspecified atom stereocenters. The summed E-state index contributed by atoms with van der Waals surface area (Å²) >= 11 is 0. The summed E-state index contributed by atoms with van der Waals surface area (Å²) < 4.78 is 44.5. The van der Waals surface area contributed by atoms with Gasteiger partial charge >= 0.3 is 18.0 Å². The molecule has 64 heavy (non-hydrogen) atoms. The zero-order chi connectivity index (χ0) is 47.3. The van der Waals surface area contributed by atoms with Crippen molar-refractivity contribution in [1.29, 1.82) is 0 Å². The molecule has 0 spiro atoms. The molecule has 3 fully saturated rings. The summed E-state index contributed by atoms with van der Waals surface area (Å²) in [5, 5.41) is 9.82. The molecule has 0 aromatic heterocycles. The number of rotatable bonds is 13. The third kappa shape index (κ3) is 14.4. The van der Waals surface area contributed by atoms with Gasteiger partial charge in [0.15, 0.2) is 0 Å². The molecule has 0 bridgehead atoms. The maximum absolute atomic E-state index is 14.5. The highest BCUT2D eigenvalue weighted by atomic mass is 19.1. The third-order valence-electron chi connectivity index (χ3n) is 10.6. The molecule has 3 aliphatic heterocycles. The fraction of sp³-hybridized carbons (Fsp3) is 0.605. The van der Waals surface area contributed by atoms with Gasteiger partial charge in [0.2, 0.25) is 35.4 Å². The van der Waals surface area contributed by atoms with Crippen LogP contribution in [0.2, 0.25) is 0 Å². The van der Waals surface area contributed by atoms with Gasteiger partial charge in [-0.25, -0.2) is 18.4 Å². The molecule has 7 amide bonds. The van der Waals surface area contributed by atoms with Crippen LogP contribution >= 0.6 is 0 Å². The largest absolute Gasteiger partial charge is 0.462 e. The number of amides is 7. The highest BCUT2D eigenvalue weighted by molar-refractivity contribution is 5.98. The number of nitrogens with zero attached hydrogens (tertiary/aromatic N) is 3. The van der Waals surface area contributed by atoms with E-state index in [1.54, 1.807) is 26.8 Å². The fourth-order valence-corrected chi connectivity index (χ4v) is 7.43. The van der Waals surface area contributed by atoms with Crippen molar-refractivity contribution >= 4 is 53.5 Å². The van der Waals surface area contributed by atoms with Crippen molar-refractivity contribution < 1.29 is 66.1 Å². The monoisotopic (exact) mass is 903 g/mol. The van der Waals surface area contributed by atoms with Gasteiger partial charge in [-0.05, 0) is 83.6 Å². The molecule has 1 aromatic carbocycles. The molecule has 3 heterocycles. The molecule has 4 rings (SSSR count). The first-order valence-corrected chi connectivity index (χ1v) is 21.4. The van der Waals surface area contributed by atoms with Gasteiger partial charge in [0.05, 0.1) is 0 Å². The van der Waals surface area contributed by atoms with E-state index in [0.29, 0.717) is 18.9 Å². The fourth-order valence-electron chi connectivity index (χ4n) is 7.43. The SMILES string of the molecule is CCCC/C=C/C(=O)N[C@@H](Cc1cc(F)cc(F)c1)C(=O)N[C@H]1COC(=O)[C@@H]2CCCN2C(=O)[C@H](C)NC(=O)[C@H](COC(=O)CNC(=O)OC(C)(C)C)N(C)C(=O)[C@@H]2CCCN2C1=O. The van der Waals surface area contributed by atoms with Crippen molar-refractivity contribution in [3.05, 3.63) is 47.5 Å². The van der Waals surface area contributed by atoms with Gasteiger partial charge in [-0.1, -0.05) is 25.8 Å². The summed E-state index contributed by atoms with van der Waals surface area (Å²) in [5.74, 6) is -8.73. The summed E-state index contributed by atoms with van der Waals surface area (Å²) in [7, 11) is 1.24. The zero-order valence-electron chi connectivity index (χ0n) is 37.0. The van der Waals surface area contributed by atoms with Crippen LogP contribution in [0, 0.1) is 11.6 Å². The molecule has 352 valence electrons.